The second-order valence-electron chi connectivity index (χ2n) is 7.59. The lowest BCUT2D eigenvalue weighted by atomic mass is 10.1. The van der Waals surface area contributed by atoms with Gasteiger partial charge in [0.1, 0.15) is 5.82 Å². The lowest BCUT2D eigenvalue weighted by Crippen LogP contribution is -2.48. The van der Waals surface area contributed by atoms with Crippen LogP contribution in [0.1, 0.15) is 10.4 Å². The highest BCUT2D eigenvalue weighted by Gasteiger charge is 2.24. The number of piperazine rings is 1. The number of hydrogen-bond acceptors (Lipinski definition) is 4. The van der Waals surface area contributed by atoms with Gasteiger partial charge in [0.15, 0.2) is 0 Å². The molecule has 1 heterocycles. The van der Waals surface area contributed by atoms with Crippen LogP contribution in [0.5, 0.6) is 0 Å². The zero-order valence-electron chi connectivity index (χ0n) is 17.7. The summed E-state index contributed by atoms with van der Waals surface area (Å²) in [4.78, 5) is 17.0. The molecule has 0 unspecified atom stereocenters. The van der Waals surface area contributed by atoms with E-state index in [2.05, 4.69) is 4.90 Å². The highest BCUT2D eigenvalue weighted by Crippen LogP contribution is 2.23. The molecular weight excluding hydrogens is 429 g/mol. The van der Waals surface area contributed by atoms with Gasteiger partial charge < -0.3 is 9.80 Å². The second-order valence-corrected chi connectivity index (χ2v) is 9.56. The van der Waals surface area contributed by atoms with Crippen molar-refractivity contribution in [2.45, 2.75) is 4.90 Å². The fraction of sp³-hybridized carbons (Fsp3) is 0.208. The van der Waals surface area contributed by atoms with E-state index in [-0.39, 0.29) is 16.6 Å². The van der Waals surface area contributed by atoms with E-state index in [4.69, 9.17) is 0 Å². The summed E-state index contributed by atoms with van der Waals surface area (Å²) < 4.78 is 39.9. The maximum atomic E-state index is 13.1. The molecule has 0 bridgehead atoms. The molecule has 1 aliphatic heterocycles. The molecule has 32 heavy (non-hydrogen) atoms. The van der Waals surface area contributed by atoms with Gasteiger partial charge in [0, 0.05) is 44.5 Å². The normalized spacial score (nSPS) is 14.3. The molecule has 3 aromatic rings. The number of benzene rings is 3. The zero-order chi connectivity index (χ0) is 22.7. The van der Waals surface area contributed by atoms with Gasteiger partial charge in [-0.05, 0) is 60.7 Å². The Kier molecular flexibility index (Phi) is 6.14. The van der Waals surface area contributed by atoms with E-state index < -0.39 is 10.0 Å². The fourth-order valence-electron chi connectivity index (χ4n) is 3.71. The van der Waals surface area contributed by atoms with Crippen molar-refractivity contribution < 1.29 is 17.6 Å². The molecule has 0 aromatic heterocycles. The number of halogens is 1. The van der Waals surface area contributed by atoms with Gasteiger partial charge in [0.2, 0.25) is 0 Å². The maximum absolute atomic E-state index is 13.1. The van der Waals surface area contributed by atoms with E-state index in [9.17, 15) is 17.6 Å². The van der Waals surface area contributed by atoms with Gasteiger partial charge in [-0.2, -0.15) is 0 Å². The first kappa shape index (κ1) is 21.8. The Morgan fingerprint density at radius 3 is 2.03 bits per heavy atom. The van der Waals surface area contributed by atoms with Crippen LogP contribution in [-0.2, 0) is 10.0 Å². The Bertz CT molecular complexity index is 1180. The predicted octanol–water partition coefficient (Wildman–Crippen LogP) is 3.61. The first-order chi connectivity index (χ1) is 15.4. The molecule has 0 atom stereocenters. The van der Waals surface area contributed by atoms with E-state index in [1.807, 2.05) is 0 Å². The van der Waals surface area contributed by atoms with Gasteiger partial charge in [-0.1, -0.05) is 18.2 Å². The number of hydrogen-bond donors (Lipinski definition) is 0. The summed E-state index contributed by atoms with van der Waals surface area (Å²) in [5, 5.41) is 0. The van der Waals surface area contributed by atoms with Gasteiger partial charge in [-0.15, -0.1) is 0 Å². The fourth-order valence-corrected chi connectivity index (χ4v) is 4.92. The largest absolute Gasteiger partial charge is 0.368 e. The predicted molar refractivity (Wildman–Crippen MR) is 123 cm³/mol. The molecule has 1 amide bonds. The molecule has 1 aliphatic rings. The second kappa shape index (κ2) is 9.00. The standard InChI is InChI=1S/C24H24FN3O3S/c1-26(32(30,31)23-5-3-2-4-6-23)21-11-7-19(8-12-21)24(29)28-17-15-27(16-18-28)22-13-9-20(25)10-14-22/h2-14H,15-18H2,1H3. The Labute approximate surface area is 187 Å². The van der Waals surface area contributed by atoms with Gasteiger partial charge in [0.05, 0.1) is 10.6 Å². The molecule has 1 saturated heterocycles. The summed E-state index contributed by atoms with van der Waals surface area (Å²) in [6.45, 7) is 2.43. The Morgan fingerprint density at radius 2 is 1.44 bits per heavy atom. The summed E-state index contributed by atoms with van der Waals surface area (Å²) in [5.74, 6) is -0.364. The van der Waals surface area contributed by atoms with Crippen molar-refractivity contribution in [2.24, 2.45) is 0 Å². The first-order valence-corrected chi connectivity index (χ1v) is 11.7. The molecule has 0 aliphatic carbocycles. The quantitative estimate of drug-likeness (QED) is 0.592. The van der Waals surface area contributed by atoms with Gasteiger partial charge in [-0.25, -0.2) is 12.8 Å². The summed E-state index contributed by atoms with van der Waals surface area (Å²) >= 11 is 0. The Hall–Kier alpha value is -3.39. The zero-order valence-corrected chi connectivity index (χ0v) is 18.5. The smallest absolute Gasteiger partial charge is 0.264 e. The Morgan fingerprint density at radius 1 is 0.844 bits per heavy atom. The number of carbonyl (C=O) groups excluding carboxylic acids is 1. The molecule has 1 fully saturated rings. The van der Waals surface area contributed by atoms with E-state index in [0.29, 0.717) is 37.4 Å². The highest BCUT2D eigenvalue weighted by molar-refractivity contribution is 7.92. The third-order valence-corrected chi connectivity index (χ3v) is 7.44. The van der Waals surface area contributed by atoms with Crippen molar-refractivity contribution in [2.75, 3.05) is 42.4 Å². The summed E-state index contributed by atoms with van der Waals surface area (Å²) in [6.07, 6.45) is 0. The minimum atomic E-state index is -3.67. The van der Waals surface area contributed by atoms with Crippen molar-refractivity contribution in [3.8, 4) is 0 Å². The van der Waals surface area contributed by atoms with Crippen LogP contribution < -0.4 is 9.21 Å². The third-order valence-electron chi connectivity index (χ3n) is 5.64. The monoisotopic (exact) mass is 453 g/mol. The van der Waals surface area contributed by atoms with E-state index in [0.717, 1.165) is 5.69 Å². The van der Waals surface area contributed by atoms with E-state index in [1.54, 1.807) is 71.6 Å². The van der Waals surface area contributed by atoms with Crippen molar-refractivity contribution in [3.05, 3.63) is 90.2 Å². The molecule has 166 valence electrons. The number of anilines is 2. The van der Waals surface area contributed by atoms with Crippen LogP contribution in [0.4, 0.5) is 15.8 Å². The molecule has 0 radical (unpaired) electrons. The molecule has 4 rings (SSSR count). The SMILES string of the molecule is CN(c1ccc(C(=O)N2CCN(c3ccc(F)cc3)CC2)cc1)S(=O)(=O)c1ccccc1. The minimum Gasteiger partial charge on any atom is -0.368 e. The molecule has 6 nitrogen and oxygen atoms in total. The molecule has 3 aromatic carbocycles. The van der Waals surface area contributed by atoms with Gasteiger partial charge >= 0.3 is 0 Å². The van der Waals surface area contributed by atoms with Crippen LogP contribution in [0.25, 0.3) is 0 Å². The molecule has 0 spiro atoms. The number of amides is 1. The Balaban J connectivity index is 1.41. The molecule has 0 saturated carbocycles. The third kappa shape index (κ3) is 4.45. The number of carbonyl (C=O) groups is 1. The maximum Gasteiger partial charge on any atom is 0.264 e. The van der Waals surface area contributed by atoms with Crippen LogP contribution >= 0.6 is 0 Å². The molecule has 8 heteroatoms. The average molecular weight is 454 g/mol. The summed E-state index contributed by atoms with van der Waals surface area (Å²) in [6, 6.07) is 21.2. The van der Waals surface area contributed by atoms with Crippen LogP contribution in [0.15, 0.2) is 83.8 Å². The van der Waals surface area contributed by atoms with E-state index >= 15 is 0 Å². The molecule has 0 N–H and O–H groups in total. The van der Waals surface area contributed by atoms with E-state index in [1.165, 1.54) is 23.5 Å². The van der Waals surface area contributed by atoms with Crippen molar-refractivity contribution >= 4 is 27.3 Å². The minimum absolute atomic E-state index is 0.0936. The lowest BCUT2D eigenvalue weighted by Gasteiger charge is -2.36. The van der Waals surface area contributed by atoms with Crippen molar-refractivity contribution in [1.29, 1.82) is 0 Å². The summed E-state index contributed by atoms with van der Waals surface area (Å²) in [5.41, 5.74) is 1.92. The first-order valence-electron chi connectivity index (χ1n) is 10.3. The average Bonchev–Trinajstić information content (AvgIpc) is 2.84. The van der Waals surface area contributed by atoms with Gasteiger partial charge in [0.25, 0.3) is 15.9 Å². The molecular formula is C24H24FN3O3S. The van der Waals surface area contributed by atoms with Crippen molar-refractivity contribution in [1.82, 2.24) is 4.90 Å². The van der Waals surface area contributed by atoms with Crippen LogP contribution in [-0.4, -0.2) is 52.5 Å². The van der Waals surface area contributed by atoms with Gasteiger partial charge in [-0.3, -0.25) is 9.10 Å². The highest BCUT2D eigenvalue weighted by atomic mass is 32.2. The number of rotatable bonds is 5. The van der Waals surface area contributed by atoms with Crippen LogP contribution in [0, 0.1) is 5.82 Å². The lowest BCUT2D eigenvalue weighted by molar-refractivity contribution is 0.0747. The number of sulfonamides is 1. The van der Waals surface area contributed by atoms with Crippen molar-refractivity contribution in [3.63, 3.8) is 0 Å². The summed E-state index contributed by atoms with van der Waals surface area (Å²) in [7, 11) is -2.18. The topological polar surface area (TPSA) is 60.9 Å². The van der Waals surface area contributed by atoms with Crippen LogP contribution in [0.3, 0.4) is 0 Å². The number of nitrogens with zero attached hydrogens (tertiary/aromatic N) is 3. The van der Waals surface area contributed by atoms with Crippen LogP contribution in [0.2, 0.25) is 0 Å².